The quantitative estimate of drug-likeness (QED) is 0.323. The molecular weight excluding hydrogens is 286 g/mol. The Bertz CT molecular complexity index is 480. The van der Waals surface area contributed by atoms with Crippen LogP contribution in [0.4, 0.5) is 0 Å². The van der Waals surface area contributed by atoms with Crippen LogP contribution in [-0.2, 0) is 0 Å². The Morgan fingerprint density at radius 2 is 1.65 bits per heavy atom. The average Bonchev–Trinajstić information content (AvgIpc) is 2.56. The van der Waals surface area contributed by atoms with Gasteiger partial charge >= 0.3 is 0 Å². The Morgan fingerprint density at radius 3 is 2.30 bits per heavy atom. The second-order valence-electron chi connectivity index (χ2n) is 6.08. The maximum Gasteiger partial charge on any atom is 0.277 e. The van der Waals surface area contributed by atoms with Gasteiger partial charge in [-0.2, -0.15) is 0 Å². The van der Waals surface area contributed by atoms with Crippen LogP contribution in [0.25, 0.3) is 6.08 Å². The largest absolute Gasteiger partial charge is 0.286 e. The van der Waals surface area contributed by atoms with Crippen LogP contribution in [0.5, 0.6) is 0 Å². The van der Waals surface area contributed by atoms with E-state index in [1.165, 1.54) is 58.4 Å². The van der Waals surface area contributed by atoms with E-state index >= 15 is 0 Å². The summed E-state index contributed by atoms with van der Waals surface area (Å²) in [5, 5.41) is 9.93. The summed E-state index contributed by atoms with van der Waals surface area (Å²) in [6.07, 6.45) is 15.7. The van der Waals surface area contributed by atoms with E-state index in [-0.39, 0.29) is 5.91 Å². The zero-order valence-corrected chi connectivity index (χ0v) is 14.6. The van der Waals surface area contributed by atoms with Gasteiger partial charge in [0.15, 0.2) is 0 Å². The first-order valence-corrected chi connectivity index (χ1v) is 8.89. The second kappa shape index (κ2) is 11.9. The topological polar surface area (TPSA) is 40.5 Å². The molecule has 1 aromatic carbocycles. The van der Waals surface area contributed by atoms with Gasteiger partial charge in [-0.15, -0.1) is 0 Å². The van der Waals surface area contributed by atoms with Crippen molar-refractivity contribution in [3.63, 3.8) is 0 Å². The number of nitrogens with zero attached hydrogens (tertiary/aromatic N) is 1. The molecule has 3 heteroatoms. The van der Waals surface area contributed by atoms with Crippen LogP contribution >= 0.6 is 0 Å². The van der Waals surface area contributed by atoms with Crippen molar-refractivity contribution in [2.75, 3.05) is 7.05 Å². The smallest absolute Gasteiger partial charge is 0.277 e. The molecule has 3 nitrogen and oxygen atoms in total. The highest BCUT2D eigenvalue weighted by Crippen LogP contribution is 2.14. The van der Waals surface area contributed by atoms with Crippen LogP contribution in [0.3, 0.4) is 0 Å². The summed E-state index contributed by atoms with van der Waals surface area (Å²) in [5.74, 6) is -0.377. The Morgan fingerprint density at radius 1 is 1.04 bits per heavy atom. The van der Waals surface area contributed by atoms with Crippen LogP contribution in [-0.4, -0.2) is 23.2 Å². The molecule has 0 aliphatic carbocycles. The van der Waals surface area contributed by atoms with Crippen molar-refractivity contribution in [3.05, 3.63) is 41.5 Å². The fraction of sp³-hybridized carbons (Fsp3) is 0.550. The van der Waals surface area contributed by atoms with Crippen LogP contribution in [0.1, 0.15) is 80.6 Å². The Balaban J connectivity index is 2.29. The lowest BCUT2D eigenvalue weighted by Crippen LogP contribution is -2.23. The number of hydrogen-bond acceptors (Lipinski definition) is 2. The molecule has 0 aliphatic heterocycles. The van der Waals surface area contributed by atoms with E-state index in [1.54, 1.807) is 6.07 Å². The zero-order valence-electron chi connectivity index (χ0n) is 14.6. The van der Waals surface area contributed by atoms with Gasteiger partial charge in [-0.3, -0.25) is 10.0 Å². The minimum absolute atomic E-state index is 0.377. The van der Waals surface area contributed by atoms with E-state index in [0.717, 1.165) is 12.0 Å². The molecule has 0 spiro atoms. The lowest BCUT2D eigenvalue weighted by Gasteiger charge is -2.10. The third-order valence-electron chi connectivity index (χ3n) is 4.01. The molecule has 0 fully saturated rings. The molecule has 0 bridgehead atoms. The van der Waals surface area contributed by atoms with Gasteiger partial charge in [-0.1, -0.05) is 82.2 Å². The monoisotopic (exact) mass is 317 g/mol. The number of hydrogen-bond donors (Lipinski definition) is 1. The number of amides is 1. The minimum Gasteiger partial charge on any atom is -0.286 e. The van der Waals surface area contributed by atoms with Gasteiger partial charge in [0.1, 0.15) is 0 Å². The van der Waals surface area contributed by atoms with Gasteiger partial charge in [0.25, 0.3) is 5.91 Å². The van der Waals surface area contributed by atoms with Crippen molar-refractivity contribution in [2.45, 2.75) is 64.7 Å². The molecule has 0 aromatic heterocycles. The zero-order chi connectivity index (χ0) is 16.9. The number of rotatable bonds is 11. The molecule has 1 aromatic rings. The second-order valence-corrected chi connectivity index (χ2v) is 6.08. The van der Waals surface area contributed by atoms with E-state index in [1.807, 2.05) is 24.3 Å². The number of carbonyl (C=O) groups is 1. The van der Waals surface area contributed by atoms with Crippen molar-refractivity contribution >= 4 is 12.0 Å². The maximum absolute atomic E-state index is 11.9. The molecule has 0 atom stereocenters. The Kier molecular flexibility index (Phi) is 10.0. The fourth-order valence-corrected chi connectivity index (χ4v) is 2.62. The molecule has 23 heavy (non-hydrogen) atoms. The summed E-state index contributed by atoms with van der Waals surface area (Å²) in [6.45, 7) is 2.25. The van der Waals surface area contributed by atoms with Crippen LogP contribution in [0.2, 0.25) is 0 Å². The lowest BCUT2D eigenvalue weighted by atomic mass is 10.0. The van der Waals surface area contributed by atoms with Crippen molar-refractivity contribution in [1.29, 1.82) is 0 Å². The molecule has 0 aliphatic rings. The van der Waals surface area contributed by atoms with Crippen LogP contribution in [0, 0.1) is 0 Å². The predicted octanol–water partition coefficient (Wildman–Crippen LogP) is 5.69. The van der Waals surface area contributed by atoms with Crippen molar-refractivity contribution in [3.8, 4) is 0 Å². The molecule has 0 saturated carbocycles. The lowest BCUT2D eigenvalue weighted by molar-refractivity contribution is -0.0375. The van der Waals surface area contributed by atoms with E-state index in [2.05, 4.69) is 13.0 Å². The number of unbranched alkanes of at least 4 members (excludes halogenated alkanes) is 8. The van der Waals surface area contributed by atoms with Crippen LogP contribution in [0.15, 0.2) is 30.3 Å². The molecule has 0 radical (unpaired) electrons. The summed E-state index contributed by atoms with van der Waals surface area (Å²) in [7, 11) is 1.35. The van der Waals surface area contributed by atoms with E-state index in [0.29, 0.717) is 10.6 Å². The van der Waals surface area contributed by atoms with Gasteiger partial charge in [0, 0.05) is 12.6 Å². The van der Waals surface area contributed by atoms with E-state index in [4.69, 9.17) is 0 Å². The number of allylic oxidation sites excluding steroid dienone is 1. The normalized spacial score (nSPS) is 11.1. The number of hydroxylamine groups is 2. The Labute approximate surface area is 141 Å². The molecule has 1 amide bonds. The maximum atomic E-state index is 11.9. The van der Waals surface area contributed by atoms with Crippen molar-refractivity contribution in [1.82, 2.24) is 5.06 Å². The fourth-order valence-electron chi connectivity index (χ4n) is 2.62. The number of benzene rings is 1. The molecule has 0 unspecified atom stereocenters. The van der Waals surface area contributed by atoms with Gasteiger partial charge in [-0.25, -0.2) is 5.06 Å². The molecular formula is C20H31NO2. The molecule has 0 heterocycles. The van der Waals surface area contributed by atoms with Gasteiger partial charge < -0.3 is 0 Å². The standard InChI is InChI=1S/C20H31NO2/c1-3-4-5-6-7-8-9-10-11-12-15-18-16-13-14-17-19(18)20(22)21(2)23/h12-17,23H,3-11H2,1-2H3/b15-12+. The average molecular weight is 317 g/mol. The number of carbonyl (C=O) groups excluding carboxylic acids is 1. The first kappa shape index (κ1) is 19.4. The van der Waals surface area contributed by atoms with Crippen LogP contribution < -0.4 is 0 Å². The molecule has 1 N–H and O–H groups in total. The highest BCUT2D eigenvalue weighted by molar-refractivity contribution is 5.96. The first-order valence-electron chi connectivity index (χ1n) is 8.89. The van der Waals surface area contributed by atoms with Gasteiger partial charge in [-0.05, 0) is 24.5 Å². The van der Waals surface area contributed by atoms with Crippen molar-refractivity contribution in [2.24, 2.45) is 0 Å². The van der Waals surface area contributed by atoms with E-state index in [9.17, 15) is 10.0 Å². The minimum atomic E-state index is -0.377. The highest BCUT2D eigenvalue weighted by Gasteiger charge is 2.11. The summed E-state index contributed by atoms with van der Waals surface area (Å²) in [4.78, 5) is 11.9. The molecule has 1 rings (SSSR count). The van der Waals surface area contributed by atoms with E-state index < -0.39 is 0 Å². The van der Waals surface area contributed by atoms with Crippen molar-refractivity contribution < 1.29 is 10.0 Å². The summed E-state index contributed by atoms with van der Waals surface area (Å²) < 4.78 is 0. The van der Waals surface area contributed by atoms with Gasteiger partial charge in [0.2, 0.25) is 0 Å². The molecule has 128 valence electrons. The Hall–Kier alpha value is -1.61. The first-order chi connectivity index (χ1) is 11.2. The third-order valence-corrected chi connectivity index (χ3v) is 4.01. The summed E-state index contributed by atoms with van der Waals surface area (Å²) in [5.41, 5.74) is 1.39. The highest BCUT2D eigenvalue weighted by atomic mass is 16.5. The predicted molar refractivity (Wildman–Crippen MR) is 96.6 cm³/mol. The summed E-state index contributed by atoms with van der Waals surface area (Å²) >= 11 is 0. The van der Waals surface area contributed by atoms with Gasteiger partial charge in [0.05, 0.1) is 0 Å². The third kappa shape index (κ3) is 7.98. The SMILES string of the molecule is CCCCCCCCCC/C=C/c1ccccc1C(=O)N(C)O. The molecule has 0 saturated heterocycles. The summed E-state index contributed by atoms with van der Waals surface area (Å²) in [6, 6.07) is 7.36.